The van der Waals surface area contributed by atoms with Crippen molar-refractivity contribution in [3.05, 3.63) is 12.2 Å². The number of fused-ring (bicyclic) bond motifs is 1. The van der Waals surface area contributed by atoms with Crippen LogP contribution in [0.5, 0.6) is 0 Å². The molecule has 2 N–H and O–H groups in total. The molecule has 9 heteroatoms. The molecule has 1 aliphatic rings. The molecule has 1 saturated heterocycles. The number of hydrogen-bond acceptors (Lipinski definition) is 5. The maximum absolute atomic E-state index is 12.7. The number of aromatic amines is 1. The van der Waals surface area contributed by atoms with Gasteiger partial charge in [-0.2, -0.15) is 13.2 Å². The zero-order chi connectivity index (χ0) is 13.6. The Balaban J connectivity index is 2.13. The molecule has 19 heavy (non-hydrogen) atoms. The predicted octanol–water partition coefficient (Wildman–Crippen LogP) is 0.943. The molecule has 0 spiro atoms. The number of rotatable bonds is 1. The number of alkyl halides is 3. The van der Waals surface area contributed by atoms with Gasteiger partial charge in [-0.1, -0.05) is 0 Å². The van der Waals surface area contributed by atoms with Crippen molar-refractivity contribution in [1.29, 1.82) is 0 Å². The summed E-state index contributed by atoms with van der Waals surface area (Å²) in [5, 5.41) is 9.48. The Morgan fingerprint density at radius 3 is 2.79 bits per heavy atom. The number of β-amino-alcohol motifs (C(OH)–C–C–N with tert-alkyl or cyclic N) is 1. The summed E-state index contributed by atoms with van der Waals surface area (Å²) in [7, 11) is 0. The Bertz CT molecular complexity index is 611. The Morgan fingerprint density at radius 1 is 1.37 bits per heavy atom. The normalized spacial score (nSPS) is 20.4. The van der Waals surface area contributed by atoms with E-state index in [1.54, 1.807) is 4.90 Å². The molecule has 0 bridgehead atoms. The lowest BCUT2D eigenvalue weighted by molar-refractivity contribution is -0.144. The number of imidazole rings is 1. The zero-order valence-corrected chi connectivity index (χ0v) is 9.65. The summed E-state index contributed by atoms with van der Waals surface area (Å²) in [4.78, 5) is 15.0. The Hall–Kier alpha value is -1.90. The smallest absolute Gasteiger partial charge is 0.391 e. The van der Waals surface area contributed by atoms with Crippen LogP contribution in [-0.2, 0) is 6.18 Å². The molecule has 102 valence electrons. The molecule has 0 aromatic carbocycles. The fourth-order valence-electron chi connectivity index (χ4n) is 2.11. The van der Waals surface area contributed by atoms with Crippen LogP contribution < -0.4 is 4.90 Å². The third-order valence-electron chi connectivity index (χ3n) is 2.98. The quantitative estimate of drug-likeness (QED) is 0.808. The van der Waals surface area contributed by atoms with E-state index in [-0.39, 0.29) is 18.0 Å². The summed E-state index contributed by atoms with van der Waals surface area (Å²) in [6.45, 7) is 0.700. The van der Waals surface area contributed by atoms with Gasteiger partial charge in [-0.3, -0.25) is 0 Å². The minimum Gasteiger partial charge on any atom is -0.391 e. The van der Waals surface area contributed by atoms with Gasteiger partial charge in [0, 0.05) is 13.1 Å². The van der Waals surface area contributed by atoms with Crippen LogP contribution in [0.1, 0.15) is 12.2 Å². The maximum Gasteiger partial charge on any atom is 0.451 e. The van der Waals surface area contributed by atoms with Crippen LogP contribution in [0.15, 0.2) is 6.33 Å². The standard InChI is InChI=1S/C10H10F3N5O/c11-10(12,13)9-16-7-6(14-4-15-7)8(17-9)18-2-1-5(19)3-18/h4-5,19H,1-3H2,(H,14,15,16,17)/t5-/m1/s1. The summed E-state index contributed by atoms with van der Waals surface area (Å²) in [5.41, 5.74) is 0.320. The van der Waals surface area contributed by atoms with E-state index in [1.807, 2.05) is 0 Å². The van der Waals surface area contributed by atoms with Gasteiger partial charge < -0.3 is 15.0 Å². The zero-order valence-electron chi connectivity index (χ0n) is 9.65. The first-order valence-electron chi connectivity index (χ1n) is 5.66. The Labute approximate surface area is 105 Å². The van der Waals surface area contributed by atoms with Crippen LogP contribution >= 0.6 is 0 Å². The highest BCUT2D eigenvalue weighted by molar-refractivity contribution is 5.83. The van der Waals surface area contributed by atoms with Gasteiger partial charge in [-0.25, -0.2) is 15.0 Å². The molecule has 1 atom stereocenters. The van der Waals surface area contributed by atoms with Gasteiger partial charge in [-0.15, -0.1) is 0 Å². The molecule has 0 radical (unpaired) electrons. The van der Waals surface area contributed by atoms with Crippen molar-refractivity contribution in [2.24, 2.45) is 0 Å². The van der Waals surface area contributed by atoms with E-state index < -0.39 is 18.1 Å². The Kier molecular flexibility index (Phi) is 2.59. The number of nitrogens with one attached hydrogen (secondary N) is 1. The first kappa shape index (κ1) is 12.2. The van der Waals surface area contributed by atoms with Crippen LogP contribution in [0, 0.1) is 0 Å². The minimum atomic E-state index is -4.62. The average molecular weight is 273 g/mol. The molecule has 2 aromatic heterocycles. The summed E-state index contributed by atoms with van der Waals surface area (Å²) in [5.74, 6) is -1.09. The van der Waals surface area contributed by atoms with Crippen molar-refractivity contribution in [3.63, 3.8) is 0 Å². The number of hydrogen-bond donors (Lipinski definition) is 2. The Morgan fingerprint density at radius 2 is 2.16 bits per heavy atom. The van der Waals surface area contributed by atoms with Crippen molar-refractivity contribution < 1.29 is 18.3 Å². The van der Waals surface area contributed by atoms with Gasteiger partial charge in [0.05, 0.1) is 12.4 Å². The largest absolute Gasteiger partial charge is 0.451 e. The lowest BCUT2D eigenvalue weighted by Crippen LogP contribution is -2.24. The molecule has 0 aliphatic carbocycles. The van der Waals surface area contributed by atoms with E-state index >= 15 is 0 Å². The number of aromatic nitrogens is 4. The van der Waals surface area contributed by atoms with Crippen molar-refractivity contribution in [2.75, 3.05) is 18.0 Å². The third kappa shape index (κ3) is 2.09. The molecule has 0 saturated carbocycles. The molecular weight excluding hydrogens is 263 g/mol. The van der Waals surface area contributed by atoms with E-state index in [2.05, 4.69) is 19.9 Å². The van der Waals surface area contributed by atoms with E-state index in [4.69, 9.17) is 0 Å². The second-order valence-corrected chi connectivity index (χ2v) is 4.36. The fourth-order valence-corrected chi connectivity index (χ4v) is 2.11. The van der Waals surface area contributed by atoms with Crippen LogP contribution in [0.25, 0.3) is 11.2 Å². The second kappa shape index (κ2) is 4.05. The molecular formula is C10H10F3N5O. The summed E-state index contributed by atoms with van der Waals surface area (Å²) >= 11 is 0. The van der Waals surface area contributed by atoms with Crippen molar-refractivity contribution >= 4 is 17.0 Å². The summed E-state index contributed by atoms with van der Waals surface area (Å²) in [6, 6.07) is 0. The molecule has 3 rings (SSSR count). The van der Waals surface area contributed by atoms with Crippen LogP contribution in [0.3, 0.4) is 0 Å². The van der Waals surface area contributed by atoms with Gasteiger partial charge >= 0.3 is 6.18 Å². The minimum absolute atomic E-state index is 0.0290. The topological polar surface area (TPSA) is 77.9 Å². The number of H-pyrrole nitrogens is 1. The number of nitrogens with zero attached hydrogens (tertiary/aromatic N) is 4. The first-order valence-corrected chi connectivity index (χ1v) is 5.66. The van der Waals surface area contributed by atoms with Gasteiger partial charge in [0.2, 0.25) is 5.82 Å². The summed E-state index contributed by atoms with van der Waals surface area (Å²) in [6.07, 6.45) is -3.40. The molecule has 1 fully saturated rings. The molecule has 0 amide bonds. The lowest BCUT2D eigenvalue weighted by atomic mass is 10.3. The van der Waals surface area contributed by atoms with Crippen molar-refractivity contribution in [1.82, 2.24) is 19.9 Å². The predicted molar refractivity (Wildman–Crippen MR) is 59.5 cm³/mol. The van der Waals surface area contributed by atoms with Crippen LogP contribution in [-0.4, -0.2) is 44.2 Å². The third-order valence-corrected chi connectivity index (χ3v) is 2.98. The van der Waals surface area contributed by atoms with E-state index in [1.165, 1.54) is 6.33 Å². The number of anilines is 1. The van der Waals surface area contributed by atoms with E-state index in [0.29, 0.717) is 18.5 Å². The monoisotopic (exact) mass is 273 g/mol. The number of aliphatic hydroxyl groups is 1. The van der Waals surface area contributed by atoms with Gasteiger partial charge in [-0.05, 0) is 6.42 Å². The first-order chi connectivity index (χ1) is 8.95. The molecule has 3 heterocycles. The molecule has 6 nitrogen and oxygen atoms in total. The van der Waals surface area contributed by atoms with Crippen LogP contribution in [0.4, 0.5) is 19.0 Å². The number of halogens is 3. The van der Waals surface area contributed by atoms with E-state index in [9.17, 15) is 18.3 Å². The van der Waals surface area contributed by atoms with Gasteiger partial charge in [0.25, 0.3) is 0 Å². The number of aliphatic hydroxyl groups excluding tert-OH is 1. The highest BCUT2D eigenvalue weighted by Crippen LogP contribution is 2.31. The lowest BCUT2D eigenvalue weighted by Gasteiger charge is -2.18. The summed E-state index contributed by atoms with van der Waals surface area (Å²) < 4.78 is 38.2. The highest BCUT2D eigenvalue weighted by atomic mass is 19.4. The highest BCUT2D eigenvalue weighted by Gasteiger charge is 2.37. The van der Waals surface area contributed by atoms with Gasteiger partial charge in [0.1, 0.15) is 5.52 Å². The van der Waals surface area contributed by atoms with Crippen molar-refractivity contribution in [3.8, 4) is 0 Å². The molecule has 1 aliphatic heterocycles. The molecule has 2 aromatic rings. The van der Waals surface area contributed by atoms with Crippen LogP contribution in [0.2, 0.25) is 0 Å². The average Bonchev–Trinajstić information content (AvgIpc) is 2.94. The van der Waals surface area contributed by atoms with E-state index in [0.717, 1.165) is 0 Å². The fraction of sp³-hybridized carbons (Fsp3) is 0.500. The maximum atomic E-state index is 12.7. The second-order valence-electron chi connectivity index (χ2n) is 4.36. The molecule has 0 unspecified atom stereocenters. The van der Waals surface area contributed by atoms with Gasteiger partial charge in [0.15, 0.2) is 11.5 Å². The van der Waals surface area contributed by atoms with Crippen molar-refractivity contribution in [2.45, 2.75) is 18.7 Å². The SMILES string of the molecule is O[C@@H]1CCN(c2nc(C(F)(F)F)nc3nc[nH]c23)C1.